The molecular formula is C76H69BN2S2. The summed E-state index contributed by atoms with van der Waals surface area (Å²) in [6, 6.07) is 77.2. The Morgan fingerprint density at radius 1 is 0.395 bits per heavy atom. The van der Waals surface area contributed by atoms with E-state index in [0.717, 1.165) is 5.69 Å². The van der Waals surface area contributed by atoms with E-state index in [9.17, 15) is 0 Å². The molecule has 10 aromatic carbocycles. The fourth-order valence-corrected chi connectivity index (χ4v) is 15.6. The molecule has 0 radical (unpaired) electrons. The monoisotopic (exact) mass is 1080 g/mol. The SMILES string of the molecule is CC(C)(C)c1cc2c(c(C(C)(C)C)c1)N(c1c(-c3ccccc3)cc(-c3ccccc3)cc1-c1ccccc1)c1cc(-n3c4ccc(C(C)(C)C)cc4c4cc(C(C)(C)C)ccc43)cc3c1B2c1ccc2sc4ccccc4c2c1S3. The summed E-state index contributed by atoms with van der Waals surface area (Å²) in [6.45, 7) is 28.4. The molecule has 12 aromatic rings. The van der Waals surface area contributed by atoms with Crippen LogP contribution in [0.15, 0.2) is 210 Å². The van der Waals surface area contributed by atoms with Gasteiger partial charge in [-0.15, -0.1) is 11.3 Å². The molecule has 0 saturated carbocycles. The topological polar surface area (TPSA) is 8.17 Å². The highest BCUT2D eigenvalue weighted by Gasteiger charge is 2.46. The standard InChI is InChI=1S/C76H69BN2S2/c1-73(2,3)50-32-35-62-57(40-50)58-41-51(74(4,5)6)33-36-63(58)78(62)53-44-64-69-67(45-53)81-72-60(34-37-66-68(72)54-30-22-23-31-65(54)80-66)77(69)61-43-52(75(7,8)9)42-59(76(10,11)12)71(61)79(64)70-55(47-26-18-14-19-27-47)38-49(46-24-16-13-17-25-46)39-56(70)48-28-20-15-21-29-48/h13-45H,1-12H3. The lowest BCUT2D eigenvalue weighted by molar-refractivity contribution is 0.570. The highest BCUT2D eigenvalue weighted by Crippen LogP contribution is 2.55. The van der Waals surface area contributed by atoms with Crippen molar-refractivity contribution in [1.29, 1.82) is 0 Å². The minimum atomic E-state index is -0.256. The van der Waals surface area contributed by atoms with Gasteiger partial charge in [-0.3, -0.25) is 0 Å². The molecule has 0 aliphatic carbocycles. The summed E-state index contributed by atoms with van der Waals surface area (Å²) >= 11 is 3.91. The van der Waals surface area contributed by atoms with Gasteiger partial charge >= 0.3 is 0 Å². The van der Waals surface area contributed by atoms with E-state index in [1.54, 1.807) is 0 Å². The Morgan fingerprint density at radius 3 is 1.49 bits per heavy atom. The van der Waals surface area contributed by atoms with Crippen molar-refractivity contribution in [1.82, 2.24) is 4.57 Å². The van der Waals surface area contributed by atoms with Gasteiger partial charge in [-0.05, 0) is 138 Å². The third-order valence-electron chi connectivity index (χ3n) is 17.4. The van der Waals surface area contributed by atoms with Crippen LogP contribution in [0.2, 0.25) is 0 Å². The van der Waals surface area contributed by atoms with Gasteiger partial charge in [-0.25, -0.2) is 0 Å². The molecule has 0 fully saturated rings. The largest absolute Gasteiger partial charge is 0.310 e. The van der Waals surface area contributed by atoms with Crippen molar-refractivity contribution in [3.8, 4) is 39.1 Å². The predicted molar refractivity (Wildman–Crippen MR) is 355 cm³/mol. The fraction of sp³-hybridized carbons (Fsp3) is 0.211. The number of thiophene rings is 1. The van der Waals surface area contributed by atoms with E-state index in [-0.39, 0.29) is 28.4 Å². The minimum absolute atomic E-state index is 0.0229. The van der Waals surface area contributed by atoms with Crippen molar-refractivity contribution in [3.05, 3.63) is 222 Å². The second-order valence-electron chi connectivity index (χ2n) is 27.0. The maximum absolute atomic E-state index is 2.77. The Hall–Kier alpha value is -7.57. The van der Waals surface area contributed by atoms with Crippen LogP contribution >= 0.6 is 23.1 Å². The molecule has 5 heteroatoms. The summed E-state index contributed by atoms with van der Waals surface area (Å²) in [5.41, 5.74) is 23.5. The minimum Gasteiger partial charge on any atom is -0.310 e. The maximum Gasteiger partial charge on any atom is 0.249 e. The van der Waals surface area contributed by atoms with Gasteiger partial charge in [-0.2, -0.15) is 0 Å². The van der Waals surface area contributed by atoms with Crippen LogP contribution < -0.4 is 21.3 Å². The van der Waals surface area contributed by atoms with E-state index in [2.05, 4.69) is 293 Å². The van der Waals surface area contributed by atoms with Crippen LogP contribution in [0.3, 0.4) is 0 Å². The first-order valence-electron chi connectivity index (χ1n) is 28.9. The summed E-state index contributed by atoms with van der Waals surface area (Å²) in [4.78, 5) is 5.44. The molecule has 2 nitrogen and oxygen atoms in total. The summed E-state index contributed by atoms with van der Waals surface area (Å²) < 4.78 is 5.27. The Balaban J connectivity index is 1.19. The van der Waals surface area contributed by atoms with E-state index in [1.165, 1.54) is 141 Å². The van der Waals surface area contributed by atoms with E-state index in [0.29, 0.717) is 0 Å². The second kappa shape index (κ2) is 18.5. The summed E-state index contributed by atoms with van der Waals surface area (Å²) in [6.07, 6.45) is 0. The van der Waals surface area contributed by atoms with Crippen LogP contribution in [0.25, 0.3) is 81.0 Å². The molecule has 0 amide bonds. The number of nitrogens with zero attached hydrogens (tertiary/aromatic N) is 2. The Kier molecular flexibility index (Phi) is 11.8. The number of rotatable bonds is 5. The van der Waals surface area contributed by atoms with Gasteiger partial charge < -0.3 is 9.47 Å². The van der Waals surface area contributed by atoms with E-state index in [1.807, 2.05) is 23.1 Å². The summed E-state index contributed by atoms with van der Waals surface area (Å²) in [5, 5.41) is 5.29. The van der Waals surface area contributed by atoms with Crippen LogP contribution in [0, 0.1) is 0 Å². The van der Waals surface area contributed by atoms with E-state index < -0.39 is 0 Å². The zero-order valence-electron chi connectivity index (χ0n) is 48.8. The zero-order valence-corrected chi connectivity index (χ0v) is 50.5. The molecule has 0 atom stereocenters. The second-order valence-corrected chi connectivity index (χ2v) is 29.1. The lowest BCUT2D eigenvalue weighted by atomic mass is 9.34. The average Bonchev–Trinajstić information content (AvgIpc) is 4.12. The van der Waals surface area contributed by atoms with Crippen LogP contribution in [0.5, 0.6) is 0 Å². The highest BCUT2D eigenvalue weighted by molar-refractivity contribution is 8.00. The van der Waals surface area contributed by atoms with Crippen LogP contribution in [0.1, 0.15) is 105 Å². The molecule has 2 aliphatic rings. The summed E-state index contributed by atoms with van der Waals surface area (Å²) in [5.74, 6) is 0. The maximum atomic E-state index is 2.77. The predicted octanol–water partition coefficient (Wildman–Crippen LogP) is 20.1. The van der Waals surface area contributed by atoms with Gasteiger partial charge in [0, 0.05) is 68.9 Å². The lowest BCUT2D eigenvalue weighted by Gasteiger charge is -2.45. The molecule has 398 valence electrons. The lowest BCUT2D eigenvalue weighted by Crippen LogP contribution is -2.60. The summed E-state index contributed by atoms with van der Waals surface area (Å²) in [7, 11) is 0. The Labute approximate surface area is 487 Å². The van der Waals surface area contributed by atoms with E-state index >= 15 is 0 Å². The number of anilines is 3. The van der Waals surface area contributed by atoms with Crippen LogP contribution in [-0.2, 0) is 21.7 Å². The molecule has 4 heterocycles. The highest BCUT2D eigenvalue weighted by atomic mass is 32.2. The molecule has 14 rings (SSSR count). The smallest absolute Gasteiger partial charge is 0.249 e. The molecule has 0 unspecified atom stereocenters. The van der Waals surface area contributed by atoms with Crippen molar-refractivity contribution >= 4 is 105 Å². The molecule has 81 heavy (non-hydrogen) atoms. The Bertz CT molecular complexity index is 4380. The first-order valence-corrected chi connectivity index (χ1v) is 30.6. The number of benzene rings is 10. The number of hydrogen-bond acceptors (Lipinski definition) is 3. The van der Waals surface area contributed by atoms with Crippen molar-refractivity contribution in [2.24, 2.45) is 0 Å². The van der Waals surface area contributed by atoms with Gasteiger partial charge in [0.05, 0.1) is 16.7 Å². The van der Waals surface area contributed by atoms with Crippen molar-refractivity contribution < 1.29 is 0 Å². The number of aromatic nitrogens is 1. The average molecular weight is 1090 g/mol. The third kappa shape index (κ3) is 8.43. The molecule has 2 aromatic heterocycles. The van der Waals surface area contributed by atoms with Gasteiger partial charge in [0.15, 0.2) is 0 Å². The fourth-order valence-electron chi connectivity index (χ4n) is 13.1. The van der Waals surface area contributed by atoms with Gasteiger partial charge in [0.1, 0.15) is 0 Å². The first kappa shape index (κ1) is 51.6. The number of hydrogen-bond donors (Lipinski definition) is 0. The van der Waals surface area contributed by atoms with E-state index in [4.69, 9.17) is 0 Å². The molecule has 0 bridgehead atoms. The Morgan fingerprint density at radius 2 is 0.938 bits per heavy atom. The first-order chi connectivity index (χ1) is 38.7. The molecule has 2 aliphatic heterocycles. The van der Waals surface area contributed by atoms with Gasteiger partial charge in [0.2, 0.25) is 6.71 Å². The molecule has 0 spiro atoms. The molecule has 0 saturated heterocycles. The van der Waals surface area contributed by atoms with Crippen LogP contribution in [-0.4, -0.2) is 11.3 Å². The molecule has 0 N–H and O–H groups in total. The quantitative estimate of drug-likeness (QED) is 0.159. The van der Waals surface area contributed by atoms with Crippen molar-refractivity contribution in [3.63, 3.8) is 0 Å². The zero-order chi connectivity index (χ0) is 56.1. The van der Waals surface area contributed by atoms with Crippen LogP contribution in [0.4, 0.5) is 17.1 Å². The van der Waals surface area contributed by atoms with Crippen molar-refractivity contribution in [2.75, 3.05) is 4.90 Å². The van der Waals surface area contributed by atoms with Crippen molar-refractivity contribution in [2.45, 2.75) is 115 Å². The van der Waals surface area contributed by atoms with Gasteiger partial charge in [0.25, 0.3) is 0 Å². The third-order valence-corrected chi connectivity index (χ3v) is 19.7. The van der Waals surface area contributed by atoms with Gasteiger partial charge in [-0.1, -0.05) is 240 Å². The number of fused-ring (bicyclic) bond motifs is 11. The normalized spacial score (nSPS) is 13.6. The molecular weight excluding hydrogens is 1020 g/mol.